The Morgan fingerprint density at radius 2 is 1.33 bits per heavy atom. The first-order chi connectivity index (χ1) is 2.83. The summed E-state index contributed by atoms with van der Waals surface area (Å²) in [6.45, 7) is 4.25. The maximum atomic E-state index is 3.88. The van der Waals surface area contributed by atoms with Gasteiger partial charge in [0.1, 0.15) is 32.5 Å². The molecular formula is C3H8Br2O. The Balaban J connectivity index is 0. The maximum Gasteiger partial charge on any atom is 0.115 e. The molecule has 0 saturated heterocycles. The third-order valence-electron chi connectivity index (χ3n) is 0. The Morgan fingerprint density at radius 1 is 1.33 bits per heavy atom. The lowest BCUT2D eigenvalue weighted by Gasteiger charge is -1.48. The molecule has 40 valence electrons. The van der Waals surface area contributed by atoms with Crippen LogP contribution in [0.3, 0.4) is 0 Å². The lowest BCUT2D eigenvalue weighted by Crippen LogP contribution is -1.27. The Hall–Kier alpha value is 0.920. The van der Waals surface area contributed by atoms with E-state index in [1.54, 1.807) is 0 Å². The maximum absolute atomic E-state index is 3.88. The molecule has 0 unspecified atom stereocenters. The van der Waals surface area contributed by atoms with Gasteiger partial charge in [0, 0.05) is 0 Å². The average Bonchev–Trinajstić information content (AvgIpc) is 1.39. The van der Waals surface area contributed by atoms with E-state index in [4.69, 9.17) is 0 Å². The molecule has 0 saturated carbocycles. The van der Waals surface area contributed by atoms with Crippen LogP contribution in [-0.2, 0) is 2.92 Å². The van der Waals surface area contributed by atoms with Crippen molar-refractivity contribution in [3.63, 3.8) is 0 Å². The second-order valence-corrected chi connectivity index (χ2v) is 2.28. The Kier molecular flexibility index (Phi) is 28.1. The fraction of sp³-hybridized carbons (Fsp3) is 1.00. The largest absolute Gasteiger partial charge is 0.230 e. The third-order valence-corrected chi connectivity index (χ3v) is 0. The van der Waals surface area contributed by atoms with Gasteiger partial charge in [0.05, 0.1) is 0 Å². The normalized spacial score (nSPS) is 6.00. The molecule has 3 heteroatoms. The van der Waals surface area contributed by atoms with Crippen LogP contribution in [-0.4, -0.2) is 0 Å². The Bertz CT molecular complexity index is 10.8. The van der Waals surface area contributed by atoms with Gasteiger partial charge in [0.25, 0.3) is 0 Å². The minimum Gasteiger partial charge on any atom is -0.230 e. The van der Waals surface area contributed by atoms with Crippen molar-refractivity contribution in [1.29, 1.82) is 0 Å². The van der Waals surface area contributed by atoms with Crippen LogP contribution in [0.5, 0.6) is 0 Å². The summed E-state index contributed by atoms with van der Waals surface area (Å²) in [5, 5.41) is 0. The molecule has 0 aliphatic carbocycles. The number of hydrogen-bond donors (Lipinski definition) is 0. The lowest BCUT2D eigenvalue weighted by atomic mass is 10.6. The standard InChI is InChI=1S/C3H8.Br2O/c2*1-3-2/h3H2,1-2H3;. The monoisotopic (exact) mass is 218 g/mol. The molecule has 1 nitrogen and oxygen atoms in total. The predicted octanol–water partition coefficient (Wildman–Crippen LogP) is 3.04. The van der Waals surface area contributed by atoms with Crippen LogP contribution in [0, 0.1) is 0 Å². The highest BCUT2D eigenvalue weighted by atomic mass is 79.9. The zero-order chi connectivity index (χ0) is 5.41. The van der Waals surface area contributed by atoms with E-state index in [0.717, 1.165) is 0 Å². The summed E-state index contributed by atoms with van der Waals surface area (Å²) >= 11 is 5.12. The second-order valence-electron chi connectivity index (χ2n) is 0.765. The van der Waals surface area contributed by atoms with Gasteiger partial charge >= 0.3 is 0 Å². The van der Waals surface area contributed by atoms with Crippen LogP contribution in [0.25, 0.3) is 0 Å². The Morgan fingerprint density at radius 3 is 1.33 bits per heavy atom. The van der Waals surface area contributed by atoms with Gasteiger partial charge in [0.2, 0.25) is 0 Å². The van der Waals surface area contributed by atoms with E-state index in [-0.39, 0.29) is 0 Å². The molecule has 0 heterocycles. The lowest BCUT2D eigenvalue weighted by molar-refractivity contribution is 0.838. The van der Waals surface area contributed by atoms with Crippen LogP contribution in [0.1, 0.15) is 20.3 Å². The van der Waals surface area contributed by atoms with Crippen molar-refractivity contribution in [1.82, 2.24) is 0 Å². The number of rotatable bonds is 0. The van der Waals surface area contributed by atoms with Gasteiger partial charge in [-0.1, -0.05) is 20.3 Å². The first kappa shape index (κ1) is 10.0. The minimum atomic E-state index is 1.25. The first-order valence-electron chi connectivity index (χ1n) is 1.72. The van der Waals surface area contributed by atoms with Gasteiger partial charge in [-0.25, -0.2) is 2.92 Å². The molecule has 0 aromatic rings. The van der Waals surface area contributed by atoms with Crippen LogP contribution in [0.2, 0.25) is 0 Å². The summed E-state index contributed by atoms with van der Waals surface area (Å²) < 4.78 is 3.88. The van der Waals surface area contributed by atoms with Gasteiger partial charge < -0.3 is 0 Å². The fourth-order valence-electron chi connectivity index (χ4n) is 0. The fourth-order valence-corrected chi connectivity index (χ4v) is 0. The SMILES string of the molecule is BrOBr.CCC. The summed E-state index contributed by atoms with van der Waals surface area (Å²) in [6, 6.07) is 0. The van der Waals surface area contributed by atoms with E-state index in [9.17, 15) is 0 Å². The Labute approximate surface area is 56.0 Å². The van der Waals surface area contributed by atoms with Crippen LogP contribution < -0.4 is 0 Å². The van der Waals surface area contributed by atoms with Crippen molar-refractivity contribution in [3.8, 4) is 0 Å². The molecule has 0 rings (SSSR count). The van der Waals surface area contributed by atoms with Crippen LogP contribution in [0.15, 0.2) is 0 Å². The predicted molar refractivity (Wildman–Crippen MR) is 34.9 cm³/mol. The molecule has 0 N–H and O–H groups in total. The van der Waals surface area contributed by atoms with Crippen LogP contribution in [0.4, 0.5) is 0 Å². The molecule has 0 bridgehead atoms. The number of hydrogen-bond acceptors (Lipinski definition) is 1. The molecule has 0 spiro atoms. The van der Waals surface area contributed by atoms with Crippen LogP contribution >= 0.6 is 32.5 Å². The highest BCUT2D eigenvalue weighted by Gasteiger charge is 1.37. The van der Waals surface area contributed by atoms with Crippen molar-refractivity contribution in [3.05, 3.63) is 0 Å². The summed E-state index contributed by atoms with van der Waals surface area (Å²) in [5.74, 6) is 0. The zero-order valence-corrected chi connectivity index (χ0v) is 7.04. The highest BCUT2D eigenvalue weighted by Crippen LogP contribution is 1.88. The summed E-state index contributed by atoms with van der Waals surface area (Å²) in [7, 11) is 0. The topological polar surface area (TPSA) is 9.23 Å². The molecule has 6 heavy (non-hydrogen) atoms. The highest BCUT2D eigenvalue weighted by molar-refractivity contribution is 9.18. The summed E-state index contributed by atoms with van der Waals surface area (Å²) in [6.07, 6.45) is 1.25. The van der Waals surface area contributed by atoms with E-state index in [1.165, 1.54) is 6.42 Å². The van der Waals surface area contributed by atoms with Gasteiger partial charge in [-0.2, -0.15) is 0 Å². The first-order valence-corrected chi connectivity index (χ1v) is 3.02. The molecule has 0 amide bonds. The molecule has 0 fully saturated rings. The van der Waals surface area contributed by atoms with E-state index in [2.05, 4.69) is 49.3 Å². The molecular weight excluding hydrogens is 212 g/mol. The van der Waals surface area contributed by atoms with E-state index < -0.39 is 0 Å². The molecule has 0 aliphatic heterocycles. The van der Waals surface area contributed by atoms with Crippen molar-refractivity contribution in [2.24, 2.45) is 0 Å². The molecule has 0 atom stereocenters. The quantitative estimate of drug-likeness (QED) is 0.609. The third kappa shape index (κ3) is 89.3. The smallest absolute Gasteiger partial charge is 0.115 e. The zero-order valence-electron chi connectivity index (χ0n) is 3.87. The number of halogens is 2. The molecule has 0 aromatic carbocycles. The van der Waals surface area contributed by atoms with Gasteiger partial charge in [-0.15, -0.1) is 0 Å². The van der Waals surface area contributed by atoms with Gasteiger partial charge in [0.15, 0.2) is 0 Å². The molecule has 0 radical (unpaired) electrons. The van der Waals surface area contributed by atoms with E-state index in [1.807, 2.05) is 0 Å². The van der Waals surface area contributed by atoms with Gasteiger partial charge in [-0.3, -0.25) is 0 Å². The van der Waals surface area contributed by atoms with Crippen molar-refractivity contribution in [2.45, 2.75) is 20.3 Å². The van der Waals surface area contributed by atoms with Crippen molar-refractivity contribution in [2.75, 3.05) is 0 Å². The molecule has 0 aromatic heterocycles. The van der Waals surface area contributed by atoms with Gasteiger partial charge in [-0.05, 0) is 0 Å². The average molecular weight is 220 g/mol. The van der Waals surface area contributed by atoms with Crippen molar-refractivity contribution < 1.29 is 2.92 Å². The minimum absolute atomic E-state index is 1.25. The van der Waals surface area contributed by atoms with E-state index >= 15 is 0 Å². The summed E-state index contributed by atoms with van der Waals surface area (Å²) in [4.78, 5) is 0. The second kappa shape index (κ2) is 16.8. The molecule has 0 aliphatic rings. The summed E-state index contributed by atoms with van der Waals surface area (Å²) in [5.41, 5.74) is 0. The van der Waals surface area contributed by atoms with E-state index in [0.29, 0.717) is 0 Å². The van der Waals surface area contributed by atoms with Crippen molar-refractivity contribution >= 4 is 32.5 Å².